The van der Waals surface area contributed by atoms with Crippen LogP contribution in [0.1, 0.15) is 35.8 Å². The third-order valence-corrected chi connectivity index (χ3v) is 5.25. The first-order chi connectivity index (χ1) is 13.8. The number of aliphatic hydroxyl groups is 1. The Morgan fingerprint density at radius 3 is 2.62 bits per heavy atom. The monoisotopic (exact) mass is 404 g/mol. The Morgan fingerprint density at radius 1 is 1.28 bits per heavy atom. The molecule has 8 heteroatoms. The van der Waals surface area contributed by atoms with Gasteiger partial charge in [0, 0.05) is 38.4 Å². The molecule has 1 saturated heterocycles. The van der Waals surface area contributed by atoms with E-state index in [2.05, 4.69) is 20.1 Å². The summed E-state index contributed by atoms with van der Waals surface area (Å²) >= 11 is 0. The Hall–Kier alpha value is -2.29. The van der Waals surface area contributed by atoms with Crippen LogP contribution in [0.15, 0.2) is 28.9 Å². The van der Waals surface area contributed by atoms with E-state index in [9.17, 15) is 14.3 Å². The number of oxazole rings is 1. The zero-order valence-electron chi connectivity index (χ0n) is 17.2. The first kappa shape index (κ1) is 21.4. The number of aromatic nitrogens is 1. The van der Waals surface area contributed by atoms with Crippen LogP contribution < -0.4 is 5.32 Å². The molecule has 1 atom stereocenters. The van der Waals surface area contributed by atoms with Crippen molar-refractivity contribution in [3.8, 4) is 0 Å². The summed E-state index contributed by atoms with van der Waals surface area (Å²) in [5.74, 6) is -0.0818. The molecular weight excluding hydrogens is 375 g/mol. The van der Waals surface area contributed by atoms with E-state index < -0.39 is 5.91 Å². The highest BCUT2D eigenvalue weighted by atomic mass is 19.1. The van der Waals surface area contributed by atoms with Gasteiger partial charge in [-0.1, -0.05) is 19.9 Å². The van der Waals surface area contributed by atoms with Crippen LogP contribution in [0, 0.1) is 18.7 Å². The topological polar surface area (TPSA) is 81.8 Å². The van der Waals surface area contributed by atoms with E-state index in [1.165, 1.54) is 12.3 Å². The van der Waals surface area contributed by atoms with Gasteiger partial charge in [0.25, 0.3) is 5.91 Å². The number of benzene rings is 1. The van der Waals surface area contributed by atoms with E-state index in [4.69, 9.17) is 4.42 Å². The molecule has 2 N–H and O–H groups in total. The summed E-state index contributed by atoms with van der Waals surface area (Å²) in [6, 6.07) is 4.54. The van der Waals surface area contributed by atoms with E-state index in [-0.39, 0.29) is 23.5 Å². The van der Waals surface area contributed by atoms with Gasteiger partial charge < -0.3 is 14.8 Å². The Balaban J connectivity index is 1.49. The number of rotatable bonds is 7. The molecule has 0 aliphatic carbocycles. The molecule has 1 unspecified atom stereocenters. The number of β-amino-alcohol motifs (C(OH)–C–C–N with tert-alkyl or cyclic N) is 1. The molecule has 29 heavy (non-hydrogen) atoms. The quantitative estimate of drug-likeness (QED) is 0.738. The number of nitrogens with zero attached hydrogens (tertiary/aromatic N) is 3. The predicted octanol–water partition coefficient (Wildman–Crippen LogP) is 2.51. The minimum absolute atomic E-state index is 0.166. The molecule has 1 amide bonds. The third kappa shape index (κ3) is 5.85. The van der Waals surface area contributed by atoms with E-state index in [0.717, 1.165) is 26.2 Å². The first-order valence-corrected chi connectivity index (χ1v) is 9.96. The van der Waals surface area contributed by atoms with Crippen LogP contribution >= 0.6 is 0 Å². The molecule has 1 aromatic heterocycles. The van der Waals surface area contributed by atoms with Crippen molar-refractivity contribution < 1.29 is 18.7 Å². The number of piperazine rings is 1. The Bertz CT molecular complexity index is 831. The molecule has 158 valence electrons. The molecule has 3 rings (SSSR count). The van der Waals surface area contributed by atoms with Gasteiger partial charge in [-0.3, -0.25) is 14.6 Å². The van der Waals surface area contributed by atoms with Crippen molar-refractivity contribution in [1.82, 2.24) is 14.8 Å². The average Bonchev–Trinajstić information content (AvgIpc) is 3.15. The summed E-state index contributed by atoms with van der Waals surface area (Å²) in [7, 11) is 0. The number of carbonyl (C=O) groups excluding carboxylic acids is 1. The summed E-state index contributed by atoms with van der Waals surface area (Å²) in [5, 5.41) is 12.7. The molecule has 0 spiro atoms. The first-order valence-electron chi connectivity index (χ1n) is 9.96. The highest BCUT2D eigenvalue weighted by Crippen LogP contribution is 2.16. The lowest BCUT2D eigenvalue weighted by Crippen LogP contribution is -2.48. The maximum absolute atomic E-state index is 13.6. The second-order valence-corrected chi connectivity index (χ2v) is 7.93. The second-order valence-electron chi connectivity index (χ2n) is 7.93. The maximum atomic E-state index is 13.6. The van der Waals surface area contributed by atoms with Crippen molar-refractivity contribution in [2.24, 2.45) is 5.92 Å². The summed E-state index contributed by atoms with van der Waals surface area (Å²) in [6.07, 6.45) is 1.01. The van der Waals surface area contributed by atoms with Crippen LogP contribution in [0.3, 0.4) is 0 Å². The summed E-state index contributed by atoms with van der Waals surface area (Å²) in [6.45, 7) is 10.3. The molecule has 0 radical (unpaired) electrons. The van der Waals surface area contributed by atoms with Gasteiger partial charge in [-0.25, -0.2) is 9.37 Å². The normalized spacial score (nSPS) is 16.9. The summed E-state index contributed by atoms with van der Waals surface area (Å²) < 4.78 is 19.1. The Morgan fingerprint density at radius 2 is 1.97 bits per heavy atom. The van der Waals surface area contributed by atoms with E-state index >= 15 is 0 Å². The maximum Gasteiger partial charge on any atom is 0.277 e. The van der Waals surface area contributed by atoms with E-state index in [1.807, 2.05) is 13.8 Å². The zero-order valence-corrected chi connectivity index (χ0v) is 17.2. The van der Waals surface area contributed by atoms with Crippen molar-refractivity contribution in [1.29, 1.82) is 0 Å². The molecule has 1 aliphatic rings. The van der Waals surface area contributed by atoms with Gasteiger partial charge in [0.1, 0.15) is 12.1 Å². The highest BCUT2D eigenvalue weighted by Gasteiger charge is 2.22. The molecule has 1 aromatic carbocycles. The standard InChI is InChI=1S/C21H29FN4O3/c1-14(2)19(27)11-25-6-8-26(9-7-25)12-20-24-18(13-29-20)21(28)23-16-5-4-15(3)17(22)10-16/h4-5,10,13-14,19,27H,6-9,11-12H2,1-3H3,(H,23,28). The highest BCUT2D eigenvalue weighted by molar-refractivity contribution is 6.02. The third-order valence-electron chi connectivity index (χ3n) is 5.25. The van der Waals surface area contributed by atoms with Gasteiger partial charge in [0.2, 0.25) is 5.89 Å². The predicted molar refractivity (Wildman–Crippen MR) is 108 cm³/mol. The van der Waals surface area contributed by atoms with Crippen LogP contribution in [-0.2, 0) is 6.54 Å². The number of amides is 1. The lowest BCUT2D eigenvalue weighted by Gasteiger charge is -2.35. The zero-order chi connectivity index (χ0) is 21.0. The van der Waals surface area contributed by atoms with Gasteiger partial charge in [0.05, 0.1) is 12.6 Å². The number of carbonyl (C=O) groups is 1. The van der Waals surface area contributed by atoms with Gasteiger partial charge in [-0.2, -0.15) is 0 Å². The van der Waals surface area contributed by atoms with Crippen LogP contribution in [-0.4, -0.2) is 64.6 Å². The number of nitrogens with one attached hydrogen (secondary N) is 1. The van der Waals surface area contributed by atoms with Crippen molar-refractivity contribution >= 4 is 11.6 Å². The number of hydrogen-bond acceptors (Lipinski definition) is 6. The summed E-state index contributed by atoms with van der Waals surface area (Å²) in [5.41, 5.74) is 1.06. The van der Waals surface area contributed by atoms with Gasteiger partial charge in [0.15, 0.2) is 5.69 Å². The fraction of sp³-hybridized carbons (Fsp3) is 0.524. The van der Waals surface area contributed by atoms with Crippen molar-refractivity contribution in [2.75, 3.05) is 38.0 Å². The number of anilines is 1. The smallest absolute Gasteiger partial charge is 0.277 e. The minimum atomic E-state index is -0.434. The van der Waals surface area contributed by atoms with Crippen LogP contribution in [0.4, 0.5) is 10.1 Å². The number of hydrogen-bond donors (Lipinski definition) is 2. The number of aryl methyl sites for hydroxylation is 1. The van der Waals surface area contributed by atoms with Crippen LogP contribution in [0.2, 0.25) is 0 Å². The van der Waals surface area contributed by atoms with Gasteiger partial charge >= 0.3 is 0 Å². The molecular formula is C21H29FN4O3. The Labute approximate surface area is 170 Å². The Kier molecular flexibility index (Phi) is 7.00. The molecule has 0 saturated carbocycles. The van der Waals surface area contributed by atoms with Gasteiger partial charge in [-0.05, 0) is 30.5 Å². The molecule has 7 nitrogen and oxygen atoms in total. The van der Waals surface area contributed by atoms with Crippen molar-refractivity contribution in [3.05, 3.63) is 47.4 Å². The lowest BCUT2D eigenvalue weighted by molar-refractivity contribution is 0.0463. The van der Waals surface area contributed by atoms with Crippen LogP contribution in [0.25, 0.3) is 0 Å². The minimum Gasteiger partial charge on any atom is -0.447 e. The molecule has 1 aliphatic heterocycles. The van der Waals surface area contributed by atoms with Crippen molar-refractivity contribution in [2.45, 2.75) is 33.4 Å². The number of halogens is 1. The molecule has 2 heterocycles. The van der Waals surface area contributed by atoms with E-state index in [1.54, 1.807) is 19.1 Å². The van der Waals surface area contributed by atoms with Gasteiger partial charge in [-0.15, -0.1) is 0 Å². The molecule has 1 fully saturated rings. The molecule has 2 aromatic rings. The van der Waals surface area contributed by atoms with Crippen molar-refractivity contribution in [3.63, 3.8) is 0 Å². The SMILES string of the molecule is Cc1ccc(NC(=O)c2coc(CN3CCN(CC(O)C(C)C)CC3)n2)cc1F. The largest absolute Gasteiger partial charge is 0.447 e. The second kappa shape index (κ2) is 9.47. The fourth-order valence-corrected chi connectivity index (χ4v) is 3.15. The lowest BCUT2D eigenvalue weighted by atomic mass is 10.1. The van der Waals surface area contributed by atoms with Crippen LogP contribution in [0.5, 0.6) is 0 Å². The fourth-order valence-electron chi connectivity index (χ4n) is 3.15. The summed E-state index contributed by atoms with van der Waals surface area (Å²) in [4.78, 5) is 21.0. The van der Waals surface area contributed by atoms with E-state index in [0.29, 0.717) is 30.2 Å². The molecule has 0 bridgehead atoms. The average molecular weight is 404 g/mol. The number of aliphatic hydroxyl groups excluding tert-OH is 1.